The predicted octanol–water partition coefficient (Wildman–Crippen LogP) is 4.20. The molecule has 1 amide bonds. The van der Waals surface area contributed by atoms with Gasteiger partial charge in [-0.05, 0) is 73.8 Å². The number of para-hydroxylation sites is 1. The molecule has 4 bridgehead atoms. The number of rotatable bonds is 4. The summed E-state index contributed by atoms with van der Waals surface area (Å²) in [7, 11) is 0. The maximum Gasteiger partial charge on any atom is 0.280 e. The molecule has 1 aromatic carbocycles. The number of carbonyl (C=O) groups is 1. The van der Waals surface area contributed by atoms with E-state index in [0.717, 1.165) is 17.8 Å². The molecule has 1 heterocycles. The zero-order valence-corrected chi connectivity index (χ0v) is 16.8. The van der Waals surface area contributed by atoms with Crippen molar-refractivity contribution < 1.29 is 4.79 Å². The molecular formula is C23H29N3O2. The van der Waals surface area contributed by atoms with Gasteiger partial charge in [0.15, 0.2) is 0 Å². The number of hydrogen-bond acceptors (Lipinski definition) is 3. The number of benzene rings is 1. The Hall–Kier alpha value is -2.17. The Morgan fingerprint density at radius 2 is 1.75 bits per heavy atom. The summed E-state index contributed by atoms with van der Waals surface area (Å²) in [4.78, 5) is 30.8. The van der Waals surface area contributed by atoms with Gasteiger partial charge in [-0.2, -0.15) is 0 Å². The summed E-state index contributed by atoms with van der Waals surface area (Å²) in [6.07, 6.45) is 8.20. The summed E-state index contributed by atoms with van der Waals surface area (Å²) < 4.78 is 1.40. The number of hydrogen-bond donors (Lipinski definition) is 1. The molecule has 0 aliphatic heterocycles. The van der Waals surface area contributed by atoms with Gasteiger partial charge in [-0.3, -0.25) is 15.0 Å². The third-order valence-electron chi connectivity index (χ3n) is 7.26. The summed E-state index contributed by atoms with van der Waals surface area (Å²) in [5, 5.41) is 0.544. The smallest absolute Gasteiger partial charge is 0.273 e. The SMILES string of the molecule is CC(C)c1nc2ccccc2c(=O)n1NC(=O)CC12CC3CC(CC(C3)C1)C2. The lowest BCUT2D eigenvalue weighted by Crippen LogP contribution is -2.48. The molecule has 0 unspecified atom stereocenters. The van der Waals surface area contributed by atoms with E-state index >= 15 is 0 Å². The largest absolute Gasteiger partial charge is 0.280 e. The van der Waals surface area contributed by atoms with Crippen LogP contribution in [0.5, 0.6) is 0 Å². The Kier molecular flexibility index (Phi) is 4.11. The van der Waals surface area contributed by atoms with Crippen LogP contribution in [0.3, 0.4) is 0 Å². The van der Waals surface area contributed by atoms with Gasteiger partial charge in [-0.25, -0.2) is 9.66 Å². The number of amides is 1. The van der Waals surface area contributed by atoms with Crippen molar-refractivity contribution in [2.75, 3.05) is 5.43 Å². The van der Waals surface area contributed by atoms with Crippen molar-refractivity contribution in [3.05, 3.63) is 40.4 Å². The first-order valence-electron chi connectivity index (χ1n) is 10.7. The molecule has 0 spiro atoms. The summed E-state index contributed by atoms with van der Waals surface area (Å²) in [6.45, 7) is 4.00. The fraction of sp³-hybridized carbons (Fsp3) is 0.609. The minimum absolute atomic E-state index is 0.0389. The lowest BCUT2D eigenvalue weighted by atomic mass is 9.49. The molecule has 1 aromatic heterocycles. The molecule has 0 radical (unpaired) electrons. The first-order chi connectivity index (χ1) is 13.4. The van der Waals surface area contributed by atoms with Gasteiger partial charge in [-0.15, -0.1) is 0 Å². The molecule has 4 saturated carbocycles. The highest BCUT2D eigenvalue weighted by molar-refractivity contribution is 5.85. The molecule has 2 aromatic rings. The van der Waals surface area contributed by atoms with E-state index in [1.807, 2.05) is 32.0 Å². The highest BCUT2D eigenvalue weighted by Gasteiger charge is 2.51. The van der Waals surface area contributed by atoms with E-state index in [4.69, 9.17) is 0 Å². The summed E-state index contributed by atoms with van der Waals surface area (Å²) >= 11 is 0. The molecule has 28 heavy (non-hydrogen) atoms. The predicted molar refractivity (Wildman–Crippen MR) is 110 cm³/mol. The second-order valence-electron chi connectivity index (χ2n) is 9.91. The topological polar surface area (TPSA) is 64.0 Å². The van der Waals surface area contributed by atoms with Crippen LogP contribution in [0.25, 0.3) is 10.9 Å². The molecule has 0 saturated heterocycles. The van der Waals surface area contributed by atoms with Crippen LogP contribution in [0.2, 0.25) is 0 Å². The normalized spacial score (nSPS) is 30.9. The Labute approximate surface area is 165 Å². The Morgan fingerprint density at radius 3 is 2.36 bits per heavy atom. The molecule has 4 fully saturated rings. The van der Waals surface area contributed by atoms with Gasteiger partial charge in [-0.1, -0.05) is 26.0 Å². The van der Waals surface area contributed by atoms with Crippen molar-refractivity contribution in [1.29, 1.82) is 0 Å². The molecule has 1 N–H and O–H groups in total. The van der Waals surface area contributed by atoms with E-state index in [1.165, 1.54) is 43.2 Å². The van der Waals surface area contributed by atoms with Crippen LogP contribution in [-0.4, -0.2) is 15.6 Å². The quantitative estimate of drug-likeness (QED) is 0.866. The van der Waals surface area contributed by atoms with Crippen LogP contribution in [0.4, 0.5) is 0 Å². The van der Waals surface area contributed by atoms with E-state index in [0.29, 0.717) is 23.1 Å². The average molecular weight is 380 g/mol. The maximum atomic E-state index is 13.1. The van der Waals surface area contributed by atoms with Crippen molar-refractivity contribution in [2.24, 2.45) is 23.2 Å². The molecule has 5 nitrogen and oxygen atoms in total. The summed E-state index contributed by atoms with van der Waals surface area (Å²) in [6, 6.07) is 7.34. The van der Waals surface area contributed by atoms with E-state index in [2.05, 4.69) is 10.4 Å². The van der Waals surface area contributed by atoms with Crippen LogP contribution in [0.1, 0.15) is 70.5 Å². The molecule has 148 valence electrons. The summed E-state index contributed by atoms with van der Waals surface area (Å²) in [5.41, 5.74) is 3.58. The molecule has 5 heteroatoms. The van der Waals surface area contributed by atoms with Crippen molar-refractivity contribution in [1.82, 2.24) is 9.66 Å². The number of nitrogens with one attached hydrogen (secondary N) is 1. The number of nitrogens with zero attached hydrogens (tertiary/aromatic N) is 2. The number of fused-ring (bicyclic) bond motifs is 1. The molecule has 4 aliphatic rings. The van der Waals surface area contributed by atoms with Gasteiger partial charge < -0.3 is 0 Å². The number of carbonyl (C=O) groups excluding carboxylic acids is 1. The van der Waals surface area contributed by atoms with Gasteiger partial charge >= 0.3 is 0 Å². The van der Waals surface area contributed by atoms with Crippen LogP contribution in [0.15, 0.2) is 29.1 Å². The fourth-order valence-electron chi connectivity index (χ4n) is 6.66. The first kappa shape index (κ1) is 17.9. The molecule has 4 aliphatic carbocycles. The molecule has 0 atom stereocenters. The second-order valence-corrected chi connectivity index (χ2v) is 9.91. The Morgan fingerprint density at radius 1 is 1.14 bits per heavy atom. The second kappa shape index (κ2) is 6.43. The van der Waals surface area contributed by atoms with Crippen LogP contribution < -0.4 is 11.0 Å². The third-order valence-corrected chi connectivity index (χ3v) is 7.26. The number of aromatic nitrogens is 2. The minimum atomic E-state index is -0.187. The summed E-state index contributed by atoms with van der Waals surface area (Å²) in [5.74, 6) is 3.06. The van der Waals surface area contributed by atoms with Crippen LogP contribution >= 0.6 is 0 Å². The monoisotopic (exact) mass is 379 g/mol. The highest BCUT2D eigenvalue weighted by Crippen LogP contribution is 2.61. The van der Waals surface area contributed by atoms with E-state index < -0.39 is 0 Å². The standard InChI is InChI=1S/C23H29N3O2/c1-14(2)21-24-19-6-4-3-5-18(19)22(28)26(21)25-20(27)13-23-10-15-7-16(11-23)9-17(8-15)12-23/h3-6,14-17H,7-13H2,1-2H3,(H,25,27). The van der Waals surface area contributed by atoms with Gasteiger partial charge in [0.25, 0.3) is 5.56 Å². The lowest BCUT2D eigenvalue weighted by molar-refractivity contribution is -0.125. The van der Waals surface area contributed by atoms with Crippen molar-refractivity contribution >= 4 is 16.8 Å². The molecule has 6 rings (SSSR count). The molecular weight excluding hydrogens is 350 g/mol. The third kappa shape index (κ3) is 2.96. The zero-order chi connectivity index (χ0) is 19.5. The van der Waals surface area contributed by atoms with Gasteiger partial charge in [0.2, 0.25) is 5.91 Å². The lowest BCUT2D eigenvalue weighted by Gasteiger charge is -2.56. The first-order valence-corrected chi connectivity index (χ1v) is 10.7. The average Bonchev–Trinajstić information content (AvgIpc) is 2.62. The Bertz CT molecular complexity index is 956. The Balaban J connectivity index is 1.44. The maximum absolute atomic E-state index is 13.1. The van der Waals surface area contributed by atoms with E-state index in [-0.39, 0.29) is 22.8 Å². The van der Waals surface area contributed by atoms with Gasteiger partial charge in [0.05, 0.1) is 10.9 Å². The van der Waals surface area contributed by atoms with Crippen molar-refractivity contribution in [3.63, 3.8) is 0 Å². The fourth-order valence-corrected chi connectivity index (χ4v) is 6.66. The highest BCUT2D eigenvalue weighted by atomic mass is 16.2. The van der Waals surface area contributed by atoms with E-state index in [9.17, 15) is 9.59 Å². The van der Waals surface area contributed by atoms with Gasteiger partial charge in [0, 0.05) is 12.3 Å². The minimum Gasteiger partial charge on any atom is -0.273 e. The van der Waals surface area contributed by atoms with Crippen molar-refractivity contribution in [2.45, 2.75) is 64.7 Å². The van der Waals surface area contributed by atoms with Gasteiger partial charge in [0.1, 0.15) is 5.82 Å². The van der Waals surface area contributed by atoms with E-state index in [1.54, 1.807) is 6.07 Å². The van der Waals surface area contributed by atoms with Crippen LogP contribution in [0, 0.1) is 23.2 Å². The van der Waals surface area contributed by atoms with Crippen molar-refractivity contribution in [3.8, 4) is 0 Å². The van der Waals surface area contributed by atoms with Crippen LogP contribution in [-0.2, 0) is 4.79 Å². The zero-order valence-electron chi connectivity index (χ0n) is 16.8.